The summed E-state index contributed by atoms with van der Waals surface area (Å²) >= 11 is 0. The zero-order valence-corrected chi connectivity index (χ0v) is 24.5. The summed E-state index contributed by atoms with van der Waals surface area (Å²) < 4.78 is 35.8. The fourth-order valence-corrected chi connectivity index (χ4v) is 3.12. The SMILES string of the molecule is CCC(C)OC(=O)Oc1cc(C[C@](N)(CCOC(=O)OCCC(C)C)C(=O)OC)ccc1OC(=O)O[C@@H](C)CC. The molecule has 12 heteroatoms. The molecule has 0 saturated heterocycles. The van der Waals surface area contributed by atoms with Crippen molar-refractivity contribution in [3.05, 3.63) is 23.8 Å². The standard InChI is InChI=1S/C28H43NO11/c1-8-19(5)37-26(32)39-22-11-10-21(16-23(22)40-27(33)38-20(6)9-2)17-28(29,24(30)34-7)13-15-36-25(31)35-14-12-18(3)4/h10-11,16,18-20H,8-9,12-15,17,29H2,1-7H3/t19-,20?,28+/m0/s1. The molecule has 0 saturated carbocycles. The van der Waals surface area contributed by atoms with Gasteiger partial charge in [-0.1, -0.05) is 33.8 Å². The molecule has 0 fully saturated rings. The maximum atomic E-state index is 12.6. The van der Waals surface area contributed by atoms with Crippen molar-refractivity contribution in [2.45, 2.75) is 91.4 Å². The van der Waals surface area contributed by atoms with Gasteiger partial charge in [0.2, 0.25) is 0 Å². The van der Waals surface area contributed by atoms with Crippen molar-refractivity contribution >= 4 is 24.4 Å². The number of ether oxygens (including phenoxy) is 7. The summed E-state index contributed by atoms with van der Waals surface area (Å²) in [7, 11) is 1.18. The third kappa shape index (κ3) is 12.5. The van der Waals surface area contributed by atoms with E-state index in [1.165, 1.54) is 25.3 Å². The van der Waals surface area contributed by atoms with E-state index in [0.717, 1.165) is 0 Å². The van der Waals surface area contributed by atoms with E-state index in [9.17, 15) is 19.2 Å². The van der Waals surface area contributed by atoms with E-state index in [-0.39, 0.29) is 43.7 Å². The van der Waals surface area contributed by atoms with Gasteiger partial charge in [0.1, 0.15) is 17.7 Å². The summed E-state index contributed by atoms with van der Waals surface area (Å²) in [4.78, 5) is 49.0. The van der Waals surface area contributed by atoms with Crippen LogP contribution in [-0.4, -0.2) is 62.5 Å². The third-order valence-electron chi connectivity index (χ3n) is 5.93. The van der Waals surface area contributed by atoms with Crippen molar-refractivity contribution in [2.24, 2.45) is 11.7 Å². The fourth-order valence-electron chi connectivity index (χ4n) is 3.12. The van der Waals surface area contributed by atoms with E-state index in [4.69, 9.17) is 38.9 Å². The molecule has 0 aliphatic rings. The molecule has 12 nitrogen and oxygen atoms in total. The molecule has 2 N–H and O–H groups in total. The highest BCUT2D eigenvalue weighted by atomic mass is 16.8. The molecule has 1 rings (SSSR count). The minimum atomic E-state index is -1.61. The Bertz CT molecular complexity index is 981. The van der Waals surface area contributed by atoms with Crippen LogP contribution in [0.1, 0.15) is 72.8 Å². The largest absolute Gasteiger partial charge is 0.514 e. The first-order valence-corrected chi connectivity index (χ1v) is 13.4. The zero-order valence-electron chi connectivity index (χ0n) is 24.5. The van der Waals surface area contributed by atoms with Gasteiger partial charge >= 0.3 is 24.4 Å². The first kappa shape index (κ1) is 34.5. The average molecular weight is 570 g/mol. The van der Waals surface area contributed by atoms with E-state index in [1.807, 2.05) is 27.7 Å². The van der Waals surface area contributed by atoms with Gasteiger partial charge in [0, 0.05) is 12.8 Å². The second-order valence-corrected chi connectivity index (χ2v) is 9.86. The van der Waals surface area contributed by atoms with E-state index in [1.54, 1.807) is 13.8 Å². The Kier molecular flexibility index (Phi) is 14.8. The molecule has 0 spiro atoms. The summed E-state index contributed by atoms with van der Waals surface area (Å²) in [5.41, 5.74) is 5.21. The summed E-state index contributed by atoms with van der Waals surface area (Å²) in [6.07, 6.45) is -2.04. The van der Waals surface area contributed by atoms with E-state index >= 15 is 0 Å². The molecule has 0 aliphatic carbocycles. The quantitative estimate of drug-likeness (QED) is 0.165. The molecule has 1 aromatic rings. The fraction of sp³-hybridized carbons (Fsp3) is 0.643. The van der Waals surface area contributed by atoms with Crippen molar-refractivity contribution in [1.29, 1.82) is 0 Å². The highest BCUT2D eigenvalue weighted by molar-refractivity contribution is 5.81. The molecule has 3 atom stereocenters. The number of esters is 1. The van der Waals surface area contributed by atoms with Crippen LogP contribution in [-0.2, 0) is 34.9 Å². The molecule has 0 amide bonds. The number of rotatable bonds is 15. The van der Waals surface area contributed by atoms with Gasteiger partial charge < -0.3 is 38.9 Å². The molecule has 0 aromatic heterocycles. The molecule has 0 radical (unpaired) electrons. The zero-order chi connectivity index (χ0) is 30.3. The van der Waals surface area contributed by atoms with Crippen LogP contribution < -0.4 is 15.2 Å². The molecule has 226 valence electrons. The molecular formula is C28H43NO11. The Morgan fingerprint density at radius 2 is 1.38 bits per heavy atom. The van der Waals surface area contributed by atoms with Crippen molar-refractivity contribution < 1.29 is 52.3 Å². The number of methoxy groups -OCH3 is 1. The van der Waals surface area contributed by atoms with Crippen LogP contribution >= 0.6 is 0 Å². The first-order chi connectivity index (χ1) is 18.8. The van der Waals surface area contributed by atoms with Crippen LogP contribution in [0.25, 0.3) is 0 Å². The van der Waals surface area contributed by atoms with Crippen molar-refractivity contribution in [1.82, 2.24) is 0 Å². The number of benzene rings is 1. The summed E-state index contributed by atoms with van der Waals surface area (Å²) in [6.45, 7) is 11.1. The van der Waals surface area contributed by atoms with E-state index in [2.05, 4.69) is 0 Å². The lowest BCUT2D eigenvalue weighted by Crippen LogP contribution is -2.51. The van der Waals surface area contributed by atoms with Crippen LogP contribution in [0.4, 0.5) is 14.4 Å². The Balaban J connectivity index is 3.10. The normalized spacial score (nSPS) is 13.8. The van der Waals surface area contributed by atoms with Crippen LogP contribution in [0.2, 0.25) is 0 Å². The van der Waals surface area contributed by atoms with Crippen molar-refractivity contribution in [2.75, 3.05) is 20.3 Å². The summed E-state index contributed by atoms with van der Waals surface area (Å²) in [5, 5.41) is 0. The molecular weight excluding hydrogens is 526 g/mol. The average Bonchev–Trinajstić information content (AvgIpc) is 2.89. The Morgan fingerprint density at radius 3 is 1.90 bits per heavy atom. The van der Waals surface area contributed by atoms with E-state index in [0.29, 0.717) is 30.7 Å². The Hall–Kier alpha value is -3.54. The van der Waals surface area contributed by atoms with Gasteiger partial charge in [0.15, 0.2) is 11.5 Å². The van der Waals surface area contributed by atoms with Crippen LogP contribution in [0, 0.1) is 5.92 Å². The monoisotopic (exact) mass is 569 g/mol. The number of hydrogen-bond acceptors (Lipinski definition) is 12. The van der Waals surface area contributed by atoms with Gasteiger partial charge in [-0.25, -0.2) is 14.4 Å². The number of nitrogens with two attached hydrogens (primary N) is 1. The molecule has 1 aromatic carbocycles. The minimum absolute atomic E-state index is 0.0926. The maximum absolute atomic E-state index is 12.6. The molecule has 0 aliphatic heterocycles. The van der Waals surface area contributed by atoms with Crippen molar-refractivity contribution in [3.8, 4) is 11.5 Å². The Labute approximate surface area is 235 Å². The molecule has 1 unspecified atom stereocenters. The summed E-state index contributed by atoms with van der Waals surface area (Å²) in [5.74, 6) is -0.646. The maximum Gasteiger partial charge on any atom is 0.514 e. The van der Waals surface area contributed by atoms with Gasteiger partial charge in [-0.05, 0) is 56.7 Å². The first-order valence-electron chi connectivity index (χ1n) is 13.4. The lowest BCUT2D eigenvalue weighted by molar-refractivity contribution is -0.147. The van der Waals surface area contributed by atoms with Gasteiger partial charge in [-0.2, -0.15) is 0 Å². The summed E-state index contributed by atoms with van der Waals surface area (Å²) in [6, 6.07) is 4.29. The van der Waals surface area contributed by atoms with Gasteiger partial charge in [-0.15, -0.1) is 0 Å². The van der Waals surface area contributed by atoms with Crippen LogP contribution in [0.5, 0.6) is 11.5 Å². The predicted molar refractivity (Wildman–Crippen MR) is 144 cm³/mol. The van der Waals surface area contributed by atoms with Crippen LogP contribution in [0.15, 0.2) is 18.2 Å². The molecule has 0 bridgehead atoms. The smallest absolute Gasteiger partial charge is 0.468 e. The van der Waals surface area contributed by atoms with Gasteiger partial charge in [0.25, 0.3) is 0 Å². The van der Waals surface area contributed by atoms with E-state index < -0.39 is 36.1 Å². The topological polar surface area (TPSA) is 159 Å². The number of carbonyl (C=O) groups is 4. The highest BCUT2D eigenvalue weighted by Gasteiger charge is 2.36. The van der Waals surface area contributed by atoms with Crippen LogP contribution in [0.3, 0.4) is 0 Å². The minimum Gasteiger partial charge on any atom is -0.468 e. The highest BCUT2D eigenvalue weighted by Crippen LogP contribution is 2.31. The second-order valence-electron chi connectivity index (χ2n) is 9.86. The van der Waals surface area contributed by atoms with Gasteiger partial charge in [0.05, 0.1) is 20.3 Å². The van der Waals surface area contributed by atoms with Gasteiger partial charge in [-0.3, -0.25) is 4.79 Å². The predicted octanol–water partition coefficient (Wildman–Crippen LogP) is 5.32. The second kappa shape index (κ2) is 17.2. The Morgan fingerprint density at radius 1 is 0.825 bits per heavy atom. The third-order valence-corrected chi connectivity index (χ3v) is 5.93. The molecule has 40 heavy (non-hydrogen) atoms. The number of hydrogen-bond donors (Lipinski definition) is 1. The van der Waals surface area contributed by atoms with Crippen molar-refractivity contribution in [3.63, 3.8) is 0 Å². The lowest BCUT2D eigenvalue weighted by atomic mass is 9.88. The number of carbonyl (C=O) groups excluding carboxylic acids is 4. The lowest BCUT2D eigenvalue weighted by Gasteiger charge is -2.26. The molecule has 0 heterocycles.